The van der Waals surface area contributed by atoms with E-state index < -0.39 is 0 Å². The smallest absolute Gasteiger partial charge is 0.261 e. The van der Waals surface area contributed by atoms with Gasteiger partial charge in [0.05, 0.1) is 11.9 Å². The molecular weight excluding hydrogens is 348 g/mol. The van der Waals surface area contributed by atoms with Gasteiger partial charge in [0, 0.05) is 18.1 Å². The summed E-state index contributed by atoms with van der Waals surface area (Å²) in [6.07, 6.45) is 5.45. The number of anilines is 1. The third kappa shape index (κ3) is 3.22. The maximum atomic E-state index is 13.2. The molecule has 0 spiro atoms. The van der Waals surface area contributed by atoms with Crippen molar-refractivity contribution in [2.24, 2.45) is 0 Å². The molecule has 0 bridgehead atoms. The van der Waals surface area contributed by atoms with Gasteiger partial charge in [-0.15, -0.1) is 0 Å². The Kier molecular flexibility index (Phi) is 4.57. The lowest BCUT2D eigenvalue weighted by molar-refractivity contribution is 0.102. The third-order valence-corrected chi connectivity index (χ3v) is 4.84. The van der Waals surface area contributed by atoms with Crippen LogP contribution in [0.3, 0.4) is 0 Å². The van der Waals surface area contributed by atoms with Crippen LogP contribution >= 0.6 is 0 Å². The largest absolute Gasteiger partial charge is 0.321 e. The molecule has 2 aromatic carbocycles. The topological polar surface area (TPSA) is 51.9 Å². The van der Waals surface area contributed by atoms with Crippen LogP contribution in [0.15, 0.2) is 73.2 Å². The summed E-state index contributed by atoms with van der Waals surface area (Å²) >= 11 is 0. The first-order chi connectivity index (χ1) is 13.5. The molecule has 0 radical (unpaired) electrons. The Bertz CT molecular complexity index is 1100. The van der Waals surface area contributed by atoms with Crippen LogP contribution < -0.4 is 5.32 Å². The molecule has 4 rings (SSSR count). The highest BCUT2D eigenvalue weighted by Crippen LogP contribution is 2.24. The van der Waals surface area contributed by atoms with Crippen LogP contribution in [0.2, 0.25) is 0 Å². The first-order valence-electron chi connectivity index (χ1n) is 9.20. The predicted molar refractivity (Wildman–Crippen MR) is 111 cm³/mol. The molecule has 0 saturated heterocycles. The number of amides is 1. The zero-order valence-corrected chi connectivity index (χ0v) is 16.2. The van der Waals surface area contributed by atoms with Crippen molar-refractivity contribution < 1.29 is 4.79 Å². The maximum absolute atomic E-state index is 13.2. The lowest BCUT2D eigenvalue weighted by Gasteiger charge is -2.13. The summed E-state index contributed by atoms with van der Waals surface area (Å²) in [5, 5.41) is 7.58. The van der Waals surface area contributed by atoms with Crippen molar-refractivity contribution >= 4 is 11.6 Å². The lowest BCUT2D eigenvalue weighted by Crippen LogP contribution is -2.16. The molecular formula is C23H22N4O. The number of benzene rings is 2. The summed E-state index contributed by atoms with van der Waals surface area (Å²) in [6, 6.07) is 17.9. The Morgan fingerprint density at radius 1 is 0.893 bits per heavy atom. The molecule has 4 aromatic rings. The zero-order valence-electron chi connectivity index (χ0n) is 16.2. The first-order valence-corrected chi connectivity index (χ1v) is 9.20. The minimum absolute atomic E-state index is 0.181. The fourth-order valence-corrected chi connectivity index (χ4v) is 3.29. The third-order valence-electron chi connectivity index (χ3n) is 4.84. The van der Waals surface area contributed by atoms with Gasteiger partial charge >= 0.3 is 0 Å². The molecule has 0 aliphatic rings. The van der Waals surface area contributed by atoms with Crippen molar-refractivity contribution in [1.29, 1.82) is 0 Å². The van der Waals surface area contributed by atoms with Crippen molar-refractivity contribution in [3.8, 4) is 11.5 Å². The predicted octanol–water partition coefficient (Wildman–Crippen LogP) is 4.84. The average molecular weight is 370 g/mol. The van der Waals surface area contributed by atoms with E-state index in [0.29, 0.717) is 11.4 Å². The molecule has 1 amide bonds. The average Bonchev–Trinajstić information content (AvgIpc) is 3.34. The van der Waals surface area contributed by atoms with E-state index in [1.54, 1.807) is 10.9 Å². The second-order valence-electron chi connectivity index (χ2n) is 6.94. The quantitative estimate of drug-likeness (QED) is 0.559. The summed E-state index contributed by atoms with van der Waals surface area (Å²) in [5.74, 6) is 0.525. The molecule has 0 unspecified atom stereocenters. The number of carbonyl (C=O) groups excluding carboxylic acids is 1. The SMILES string of the molecule is Cc1ccc(-n2ncc(C(=O)Nc3c(C)cccc3C)c2-n2cccc2)cc1. The van der Waals surface area contributed by atoms with E-state index >= 15 is 0 Å². The van der Waals surface area contributed by atoms with E-state index in [1.165, 1.54) is 5.56 Å². The number of rotatable bonds is 4. The molecule has 0 aliphatic heterocycles. The van der Waals surface area contributed by atoms with Crippen LogP contribution in [-0.2, 0) is 0 Å². The van der Waals surface area contributed by atoms with Crippen molar-refractivity contribution in [2.45, 2.75) is 20.8 Å². The fourth-order valence-electron chi connectivity index (χ4n) is 3.29. The summed E-state index contributed by atoms with van der Waals surface area (Å²) in [5.41, 5.74) is 5.49. The number of hydrogen-bond donors (Lipinski definition) is 1. The number of carbonyl (C=O) groups is 1. The lowest BCUT2D eigenvalue weighted by atomic mass is 10.1. The standard InChI is InChI=1S/C23H22N4O/c1-16-9-11-19(12-10-16)27-23(26-13-4-5-14-26)20(15-24-27)22(28)25-21-17(2)7-6-8-18(21)3/h4-15H,1-3H3,(H,25,28). The van der Waals surface area contributed by atoms with Gasteiger partial charge in [-0.25, -0.2) is 4.68 Å². The molecule has 2 aromatic heterocycles. The van der Waals surface area contributed by atoms with Crippen LogP contribution in [0.5, 0.6) is 0 Å². The number of hydrogen-bond acceptors (Lipinski definition) is 2. The second kappa shape index (κ2) is 7.19. The molecule has 140 valence electrons. The molecule has 0 fully saturated rings. The van der Waals surface area contributed by atoms with Gasteiger partial charge < -0.3 is 9.88 Å². The Hall–Kier alpha value is -3.60. The number of aryl methyl sites for hydroxylation is 3. The molecule has 28 heavy (non-hydrogen) atoms. The van der Waals surface area contributed by atoms with E-state index in [2.05, 4.69) is 10.4 Å². The summed E-state index contributed by atoms with van der Waals surface area (Å²) in [6.45, 7) is 6.03. The highest BCUT2D eigenvalue weighted by Gasteiger charge is 2.21. The first kappa shape index (κ1) is 17.8. The Balaban J connectivity index is 1.79. The summed E-state index contributed by atoms with van der Waals surface area (Å²) < 4.78 is 3.70. The van der Waals surface area contributed by atoms with Crippen molar-refractivity contribution in [2.75, 3.05) is 5.32 Å². The van der Waals surface area contributed by atoms with Crippen LogP contribution in [0.1, 0.15) is 27.0 Å². The van der Waals surface area contributed by atoms with E-state index in [-0.39, 0.29) is 5.91 Å². The number of nitrogens with zero attached hydrogens (tertiary/aromatic N) is 3. The van der Waals surface area contributed by atoms with Crippen LogP contribution in [0.25, 0.3) is 11.5 Å². The Labute approximate surface area is 164 Å². The van der Waals surface area contributed by atoms with Crippen LogP contribution in [0.4, 0.5) is 5.69 Å². The Morgan fingerprint density at radius 2 is 1.54 bits per heavy atom. The maximum Gasteiger partial charge on any atom is 0.261 e. The number of nitrogens with one attached hydrogen (secondary N) is 1. The normalized spacial score (nSPS) is 10.8. The van der Waals surface area contributed by atoms with Gasteiger partial charge in [0.2, 0.25) is 0 Å². The highest BCUT2D eigenvalue weighted by molar-refractivity contribution is 6.07. The van der Waals surface area contributed by atoms with Crippen molar-refractivity contribution in [3.63, 3.8) is 0 Å². The molecule has 1 N–H and O–H groups in total. The van der Waals surface area contributed by atoms with Gasteiger partial charge in [0.15, 0.2) is 5.82 Å². The van der Waals surface area contributed by atoms with Crippen molar-refractivity contribution in [3.05, 3.63) is 95.4 Å². The molecule has 5 heteroatoms. The van der Waals surface area contributed by atoms with E-state index in [1.807, 2.05) is 92.3 Å². The number of aromatic nitrogens is 3. The second-order valence-corrected chi connectivity index (χ2v) is 6.94. The molecule has 2 heterocycles. The molecule has 0 saturated carbocycles. The van der Waals surface area contributed by atoms with Gasteiger partial charge in [0.1, 0.15) is 5.56 Å². The molecule has 0 aliphatic carbocycles. The van der Waals surface area contributed by atoms with Crippen LogP contribution in [0, 0.1) is 20.8 Å². The summed E-state index contributed by atoms with van der Waals surface area (Å²) in [4.78, 5) is 13.2. The number of para-hydroxylation sites is 1. The van der Waals surface area contributed by atoms with Crippen molar-refractivity contribution in [1.82, 2.24) is 14.3 Å². The summed E-state index contributed by atoms with van der Waals surface area (Å²) in [7, 11) is 0. The molecule has 5 nitrogen and oxygen atoms in total. The monoisotopic (exact) mass is 370 g/mol. The minimum atomic E-state index is -0.181. The van der Waals surface area contributed by atoms with Gasteiger partial charge in [-0.2, -0.15) is 5.10 Å². The van der Waals surface area contributed by atoms with Gasteiger partial charge in [-0.3, -0.25) is 4.79 Å². The van der Waals surface area contributed by atoms with Gasteiger partial charge in [-0.1, -0.05) is 35.9 Å². The Morgan fingerprint density at radius 3 is 2.18 bits per heavy atom. The van der Waals surface area contributed by atoms with Gasteiger partial charge in [0.25, 0.3) is 5.91 Å². The van der Waals surface area contributed by atoms with E-state index in [9.17, 15) is 4.79 Å². The van der Waals surface area contributed by atoms with Gasteiger partial charge in [-0.05, 0) is 56.2 Å². The minimum Gasteiger partial charge on any atom is -0.321 e. The zero-order chi connectivity index (χ0) is 19.7. The van der Waals surface area contributed by atoms with E-state index in [0.717, 1.165) is 22.5 Å². The molecule has 0 atom stereocenters. The van der Waals surface area contributed by atoms with Crippen LogP contribution in [-0.4, -0.2) is 20.3 Å². The van der Waals surface area contributed by atoms with E-state index in [4.69, 9.17) is 0 Å². The fraction of sp³-hybridized carbons (Fsp3) is 0.130. The highest BCUT2D eigenvalue weighted by atomic mass is 16.1.